The van der Waals surface area contributed by atoms with Crippen molar-refractivity contribution in [3.63, 3.8) is 0 Å². The van der Waals surface area contributed by atoms with Crippen molar-refractivity contribution in [3.8, 4) is 0 Å². The minimum atomic E-state index is -3.00. The van der Waals surface area contributed by atoms with Gasteiger partial charge in [-0.1, -0.05) is 23.2 Å². The molecule has 5 nitrogen and oxygen atoms in total. The van der Waals surface area contributed by atoms with Crippen LogP contribution in [0.4, 0.5) is 5.69 Å². The van der Waals surface area contributed by atoms with Crippen molar-refractivity contribution in [1.82, 2.24) is 4.90 Å². The van der Waals surface area contributed by atoms with Gasteiger partial charge in [0.1, 0.15) is 0 Å². The summed E-state index contributed by atoms with van der Waals surface area (Å²) in [6, 6.07) is 4.89. The Bertz CT molecular complexity index is 679. The molecular formula is C15H20Cl2N2O3S. The quantitative estimate of drug-likeness (QED) is 0.826. The van der Waals surface area contributed by atoms with Crippen molar-refractivity contribution in [2.75, 3.05) is 29.9 Å². The van der Waals surface area contributed by atoms with Gasteiger partial charge in [-0.3, -0.25) is 4.79 Å². The molecule has 1 saturated heterocycles. The zero-order chi connectivity index (χ0) is 17.0. The van der Waals surface area contributed by atoms with Gasteiger partial charge in [0.25, 0.3) is 0 Å². The van der Waals surface area contributed by atoms with Crippen molar-refractivity contribution in [1.29, 1.82) is 0 Å². The van der Waals surface area contributed by atoms with Crippen molar-refractivity contribution in [2.45, 2.75) is 25.8 Å². The lowest BCUT2D eigenvalue weighted by Gasteiger charge is -2.27. The summed E-state index contributed by atoms with van der Waals surface area (Å²) in [4.78, 5) is 14.0. The fraction of sp³-hybridized carbons (Fsp3) is 0.533. The Hall–Kier alpha value is -0.980. The van der Waals surface area contributed by atoms with Crippen LogP contribution in [0.15, 0.2) is 18.2 Å². The second-order valence-corrected chi connectivity index (χ2v) is 8.61. The number of rotatable bonds is 6. The van der Waals surface area contributed by atoms with E-state index in [1.165, 1.54) is 0 Å². The Balaban J connectivity index is 1.89. The van der Waals surface area contributed by atoms with E-state index < -0.39 is 9.84 Å². The summed E-state index contributed by atoms with van der Waals surface area (Å²) in [6.07, 6.45) is 0.794. The lowest BCUT2D eigenvalue weighted by Crippen LogP contribution is -2.41. The van der Waals surface area contributed by atoms with Gasteiger partial charge in [-0.05, 0) is 31.5 Å². The van der Waals surface area contributed by atoms with Gasteiger partial charge >= 0.3 is 0 Å². The van der Waals surface area contributed by atoms with Crippen molar-refractivity contribution in [3.05, 3.63) is 28.2 Å². The van der Waals surface area contributed by atoms with Gasteiger partial charge in [-0.2, -0.15) is 0 Å². The first-order chi connectivity index (χ1) is 10.8. The molecule has 1 atom stereocenters. The molecule has 1 aliphatic heterocycles. The Morgan fingerprint density at radius 1 is 1.39 bits per heavy atom. The highest BCUT2D eigenvalue weighted by Crippen LogP contribution is 2.25. The lowest BCUT2D eigenvalue weighted by atomic mass is 10.2. The van der Waals surface area contributed by atoms with E-state index in [-0.39, 0.29) is 29.9 Å². The smallest absolute Gasteiger partial charge is 0.224 e. The van der Waals surface area contributed by atoms with Crippen LogP contribution in [0.3, 0.4) is 0 Å². The summed E-state index contributed by atoms with van der Waals surface area (Å²) in [5.74, 6) is 0.179. The molecule has 0 aliphatic carbocycles. The van der Waals surface area contributed by atoms with E-state index in [4.69, 9.17) is 23.2 Å². The van der Waals surface area contributed by atoms with Gasteiger partial charge in [-0.25, -0.2) is 8.42 Å². The number of benzene rings is 1. The summed E-state index contributed by atoms with van der Waals surface area (Å²) in [6.45, 7) is 2.79. The summed E-state index contributed by atoms with van der Waals surface area (Å²) in [7, 11) is -3.00. The SMILES string of the molecule is CCN(C(=O)CCNc1cc(Cl)ccc1Cl)C1CCS(=O)(=O)C1. The van der Waals surface area contributed by atoms with E-state index in [1.807, 2.05) is 6.92 Å². The second-order valence-electron chi connectivity index (χ2n) is 5.54. The molecule has 0 saturated carbocycles. The Morgan fingerprint density at radius 2 is 2.13 bits per heavy atom. The predicted octanol–water partition coefficient (Wildman–Crippen LogP) is 2.83. The molecule has 1 heterocycles. The number of sulfone groups is 1. The highest BCUT2D eigenvalue weighted by molar-refractivity contribution is 7.91. The van der Waals surface area contributed by atoms with Crippen molar-refractivity contribution in [2.24, 2.45) is 0 Å². The normalized spacial score (nSPS) is 19.5. The molecule has 1 aromatic carbocycles. The molecule has 0 spiro atoms. The molecule has 1 N–H and O–H groups in total. The van der Waals surface area contributed by atoms with Crippen LogP contribution in [0.2, 0.25) is 10.0 Å². The third-order valence-corrected chi connectivity index (χ3v) is 6.21. The van der Waals surface area contributed by atoms with Gasteiger partial charge in [0.2, 0.25) is 5.91 Å². The summed E-state index contributed by atoms with van der Waals surface area (Å²) >= 11 is 12.0. The van der Waals surface area contributed by atoms with Crippen molar-refractivity contribution < 1.29 is 13.2 Å². The van der Waals surface area contributed by atoms with E-state index in [2.05, 4.69) is 5.32 Å². The molecule has 0 bridgehead atoms. The maximum atomic E-state index is 12.3. The first kappa shape index (κ1) is 18.4. The average Bonchev–Trinajstić information content (AvgIpc) is 2.83. The molecule has 1 fully saturated rings. The van der Waals surface area contributed by atoms with Gasteiger partial charge in [0.15, 0.2) is 9.84 Å². The van der Waals surface area contributed by atoms with Crippen LogP contribution in [0, 0.1) is 0 Å². The molecule has 8 heteroatoms. The van der Waals surface area contributed by atoms with Crippen molar-refractivity contribution >= 4 is 44.6 Å². The number of hydrogen-bond donors (Lipinski definition) is 1. The van der Waals surface area contributed by atoms with Crippen LogP contribution in [0.5, 0.6) is 0 Å². The molecule has 1 aromatic rings. The van der Waals surface area contributed by atoms with E-state index >= 15 is 0 Å². The van der Waals surface area contributed by atoms with Gasteiger partial charge in [0, 0.05) is 30.6 Å². The Morgan fingerprint density at radius 3 is 2.74 bits per heavy atom. The lowest BCUT2D eigenvalue weighted by molar-refractivity contribution is -0.132. The van der Waals surface area contributed by atoms with Crippen LogP contribution in [-0.4, -0.2) is 49.9 Å². The van der Waals surface area contributed by atoms with Crippen LogP contribution >= 0.6 is 23.2 Å². The predicted molar refractivity (Wildman–Crippen MR) is 94.0 cm³/mol. The number of anilines is 1. The topological polar surface area (TPSA) is 66.5 Å². The number of carbonyl (C=O) groups is 1. The molecule has 0 radical (unpaired) electrons. The zero-order valence-corrected chi connectivity index (χ0v) is 15.2. The fourth-order valence-corrected chi connectivity index (χ4v) is 4.83. The van der Waals surface area contributed by atoms with E-state index in [0.717, 1.165) is 0 Å². The van der Waals surface area contributed by atoms with Gasteiger partial charge < -0.3 is 10.2 Å². The number of amides is 1. The molecule has 1 aliphatic rings. The standard InChI is InChI=1S/C15H20Cl2N2O3S/c1-2-19(12-6-8-23(21,22)10-12)15(20)5-7-18-14-9-11(16)3-4-13(14)17/h3-4,9,12,18H,2,5-8,10H2,1H3. The first-order valence-electron chi connectivity index (χ1n) is 7.51. The van der Waals surface area contributed by atoms with Gasteiger partial charge in [-0.15, -0.1) is 0 Å². The minimum Gasteiger partial charge on any atom is -0.383 e. The van der Waals surface area contributed by atoms with Crippen LogP contribution in [0.25, 0.3) is 0 Å². The Kier molecular flexibility index (Phi) is 6.17. The van der Waals surface area contributed by atoms with E-state index in [0.29, 0.717) is 35.2 Å². The molecule has 0 aromatic heterocycles. The fourth-order valence-electron chi connectivity index (χ4n) is 2.74. The molecule has 1 unspecified atom stereocenters. The summed E-state index contributed by atoms with van der Waals surface area (Å²) in [5.41, 5.74) is 0.679. The number of halogens is 2. The highest BCUT2D eigenvalue weighted by Gasteiger charge is 2.33. The average molecular weight is 379 g/mol. The monoisotopic (exact) mass is 378 g/mol. The third-order valence-electron chi connectivity index (χ3n) is 3.89. The van der Waals surface area contributed by atoms with Crippen LogP contribution in [0.1, 0.15) is 19.8 Å². The summed E-state index contributed by atoms with van der Waals surface area (Å²) < 4.78 is 23.1. The number of carbonyl (C=O) groups excluding carboxylic acids is 1. The zero-order valence-electron chi connectivity index (χ0n) is 12.9. The molecule has 2 rings (SSSR count). The molecule has 23 heavy (non-hydrogen) atoms. The largest absolute Gasteiger partial charge is 0.383 e. The first-order valence-corrected chi connectivity index (χ1v) is 10.1. The number of nitrogens with one attached hydrogen (secondary N) is 1. The number of nitrogens with zero attached hydrogens (tertiary/aromatic N) is 1. The summed E-state index contributed by atoms with van der Waals surface area (Å²) in [5, 5.41) is 4.19. The molecule has 128 valence electrons. The highest BCUT2D eigenvalue weighted by atomic mass is 35.5. The molecule has 1 amide bonds. The third kappa shape index (κ3) is 4.99. The maximum absolute atomic E-state index is 12.3. The Labute approximate surface area is 146 Å². The van der Waals surface area contributed by atoms with Crippen LogP contribution in [-0.2, 0) is 14.6 Å². The number of hydrogen-bond acceptors (Lipinski definition) is 4. The van der Waals surface area contributed by atoms with E-state index in [1.54, 1.807) is 23.1 Å². The molecular weight excluding hydrogens is 359 g/mol. The van der Waals surface area contributed by atoms with Crippen LogP contribution < -0.4 is 5.32 Å². The second kappa shape index (κ2) is 7.73. The maximum Gasteiger partial charge on any atom is 0.224 e. The minimum absolute atomic E-state index is 0.0553. The van der Waals surface area contributed by atoms with E-state index in [9.17, 15) is 13.2 Å². The van der Waals surface area contributed by atoms with Gasteiger partial charge in [0.05, 0.1) is 22.2 Å².